The maximum absolute atomic E-state index is 12.9. The van der Waals surface area contributed by atoms with Crippen LogP contribution in [0.5, 0.6) is 0 Å². The van der Waals surface area contributed by atoms with Crippen LogP contribution in [0.4, 0.5) is 0 Å². The number of hydrogen-bond donors (Lipinski definition) is 1. The van der Waals surface area contributed by atoms with Gasteiger partial charge in [-0.1, -0.05) is 25.8 Å². The highest BCUT2D eigenvalue weighted by molar-refractivity contribution is 9.10. The molecular weight excluding hydrogens is 342 g/mol. The molecule has 0 atom stereocenters. The van der Waals surface area contributed by atoms with E-state index in [-0.39, 0.29) is 17.5 Å². The van der Waals surface area contributed by atoms with E-state index >= 15 is 0 Å². The molecule has 6 heteroatoms. The first kappa shape index (κ1) is 15.9. The fraction of sp³-hybridized carbons (Fsp3) is 0.571. The van der Waals surface area contributed by atoms with Crippen LogP contribution in [0.2, 0.25) is 0 Å². The average molecular weight is 362 g/mol. The Hall–Kier alpha value is -0.430. The van der Waals surface area contributed by atoms with Gasteiger partial charge >= 0.3 is 0 Å². The summed E-state index contributed by atoms with van der Waals surface area (Å²) in [5.74, 6) is 0. The lowest BCUT2D eigenvalue weighted by atomic mass is 10.2. The lowest BCUT2D eigenvalue weighted by molar-refractivity contribution is 0.281. The first-order valence-electron chi connectivity index (χ1n) is 6.91. The van der Waals surface area contributed by atoms with Gasteiger partial charge in [0.2, 0.25) is 10.0 Å². The van der Waals surface area contributed by atoms with Crippen LogP contribution in [0.25, 0.3) is 0 Å². The Morgan fingerprint density at radius 2 is 2.00 bits per heavy atom. The predicted molar refractivity (Wildman–Crippen MR) is 81.9 cm³/mol. The van der Waals surface area contributed by atoms with E-state index in [2.05, 4.69) is 15.9 Å². The van der Waals surface area contributed by atoms with E-state index in [1.807, 2.05) is 6.92 Å². The molecular formula is C14H20BrNO3S. The van der Waals surface area contributed by atoms with Crippen LogP contribution in [-0.4, -0.2) is 30.4 Å². The number of aliphatic hydroxyl groups excluding tert-OH is 1. The minimum absolute atomic E-state index is 0.106. The van der Waals surface area contributed by atoms with Crippen LogP contribution in [-0.2, 0) is 16.6 Å². The van der Waals surface area contributed by atoms with Crippen molar-refractivity contribution in [1.29, 1.82) is 0 Å². The fourth-order valence-electron chi connectivity index (χ4n) is 2.79. The number of hydrogen-bond acceptors (Lipinski definition) is 3. The molecule has 20 heavy (non-hydrogen) atoms. The van der Waals surface area contributed by atoms with Gasteiger partial charge in [-0.15, -0.1) is 0 Å². The summed E-state index contributed by atoms with van der Waals surface area (Å²) in [6.45, 7) is 2.19. The number of benzene rings is 1. The fourth-order valence-corrected chi connectivity index (χ4v) is 5.46. The number of sulfonamides is 1. The zero-order valence-corrected chi connectivity index (χ0v) is 14.0. The van der Waals surface area contributed by atoms with Crippen molar-refractivity contribution >= 4 is 26.0 Å². The topological polar surface area (TPSA) is 57.6 Å². The van der Waals surface area contributed by atoms with Crippen molar-refractivity contribution in [2.75, 3.05) is 6.54 Å². The molecule has 0 spiro atoms. The molecule has 2 rings (SSSR count). The van der Waals surface area contributed by atoms with Crippen molar-refractivity contribution in [1.82, 2.24) is 4.31 Å². The van der Waals surface area contributed by atoms with Gasteiger partial charge in [-0.25, -0.2) is 8.42 Å². The smallest absolute Gasteiger partial charge is 0.244 e. The molecule has 1 aromatic carbocycles. The van der Waals surface area contributed by atoms with Crippen molar-refractivity contribution in [3.8, 4) is 0 Å². The van der Waals surface area contributed by atoms with Crippen LogP contribution >= 0.6 is 15.9 Å². The molecule has 112 valence electrons. The molecule has 1 N–H and O–H groups in total. The van der Waals surface area contributed by atoms with Gasteiger partial charge in [0, 0.05) is 17.1 Å². The molecule has 0 radical (unpaired) electrons. The Labute approximate surface area is 129 Å². The molecule has 1 aliphatic carbocycles. The first-order valence-corrected chi connectivity index (χ1v) is 9.15. The number of nitrogens with zero attached hydrogens (tertiary/aromatic N) is 1. The van der Waals surface area contributed by atoms with Gasteiger partial charge in [0.05, 0.1) is 11.5 Å². The third-order valence-corrected chi connectivity index (χ3v) is 6.83. The van der Waals surface area contributed by atoms with Crippen LogP contribution in [0, 0.1) is 0 Å². The van der Waals surface area contributed by atoms with E-state index in [1.165, 1.54) is 0 Å². The summed E-state index contributed by atoms with van der Waals surface area (Å²) in [6, 6.07) is 5.06. The molecule has 1 aliphatic rings. The van der Waals surface area contributed by atoms with Crippen LogP contribution in [0.15, 0.2) is 27.6 Å². The summed E-state index contributed by atoms with van der Waals surface area (Å²) in [4.78, 5) is 0.248. The highest BCUT2D eigenvalue weighted by Gasteiger charge is 2.33. The second kappa shape index (κ2) is 6.56. The van der Waals surface area contributed by atoms with Crippen molar-refractivity contribution in [2.24, 2.45) is 0 Å². The lowest BCUT2D eigenvalue weighted by Crippen LogP contribution is -2.38. The molecule has 0 bridgehead atoms. The Bertz CT molecular complexity index is 568. The number of halogens is 1. The first-order chi connectivity index (χ1) is 9.50. The SMILES string of the molecule is CCN(C1CCCC1)S(=O)(=O)c1cc(CO)ccc1Br. The zero-order valence-electron chi connectivity index (χ0n) is 11.5. The molecule has 1 fully saturated rings. The third kappa shape index (κ3) is 3.08. The van der Waals surface area contributed by atoms with E-state index in [0.717, 1.165) is 25.7 Å². The minimum atomic E-state index is -3.52. The zero-order chi connectivity index (χ0) is 14.8. The summed E-state index contributed by atoms with van der Waals surface area (Å²) in [6.07, 6.45) is 4.05. The van der Waals surface area contributed by atoms with E-state index in [0.29, 0.717) is 16.6 Å². The largest absolute Gasteiger partial charge is 0.392 e. The molecule has 0 unspecified atom stereocenters. The summed E-state index contributed by atoms with van der Waals surface area (Å²) < 4.78 is 27.9. The van der Waals surface area contributed by atoms with Crippen molar-refractivity contribution in [2.45, 2.75) is 50.2 Å². The van der Waals surface area contributed by atoms with Crippen molar-refractivity contribution in [3.63, 3.8) is 0 Å². The highest BCUT2D eigenvalue weighted by Crippen LogP contribution is 2.32. The summed E-state index contributed by atoms with van der Waals surface area (Å²) >= 11 is 3.31. The molecule has 0 aliphatic heterocycles. The molecule has 1 saturated carbocycles. The Kier molecular flexibility index (Phi) is 5.23. The summed E-state index contributed by atoms with van der Waals surface area (Å²) in [5, 5.41) is 9.20. The Morgan fingerprint density at radius 3 is 2.55 bits per heavy atom. The van der Waals surface area contributed by atoms with Gasteiger partial charge in [0.25, 0.3) is 0 Å². The van der Waals surface area contributed by atoms with Gasteiger partial charge < -0.3 is 5.11 Å². The van der Waals surface area contributed by atoms with E-state index in [9.17, 15) is 13.5 Å². The molecule has 0 amide bonds. The molecule has 4 nitrogen and oxygen atoms in total. The summed E-state index contributed by atoms with van der Waals surface area (Å²) in [7, 11) is -3.52. The van der Waals surface area contributed by atoms with E-state index in [4.69, 9.17) is 0 Å². The standard InChI is InChI=1S/C14H20BrNO3S/c1-2-16(12-5-3-4-6-12)20(18,19)14-9-11(10-17)7-8-13(14)15/h7-9,12,17H,2-6,10H2,1H3. The highest BCUT2D eigenvalue weighted by atomic mass is 79.9. The van der Waals surface area contributed by atoms with Gasteiger partial charge in [-0.3, -0.25) is 0 Å². The quantitative estimate of drug-likeness (QED) is 0.876. The normalized spacial score (nSPS) is 17.0. The third-order valence-electron chi connectivity index (χ3n) is 3.81. The molecule has 0 heterocycles. The van der Waals surface area contributed by atoms with Gasteiger partial charge in [0.15, 0.2) is 0 Å². The Balaban J connectivity index is 2.42. The van der Waals surface area contributed by atoms with Crippen LogP contribution < -0.4 is 0 Å². The van der Waals surface area contributed by atoms with Gasteiger partial charge in [0.1, 0.15) is 0 Å². The van der Waals surface area contributed by atoms with Crippen LogP contribution in [0.3, 0.4) is 0 Å². The van der Waals surface area contributed by atoms with Gasteiger partial charge in [-0.05, 0) is 46.5 Å². The second-order valence-corrected chi connectivity index (χ2v) is 7.78. The molecule has 1 aromatic rings. The van der Waals surface area contributed by atoms with Gasteiger partial charge in [-0.2, -0.15) is 4.31 Å². The number of aliphatic hydroxyl groups is 1. The molecule has 0 aromatic heterocycles. The number of rotatable bonds is 5. The Morgan fingerprint density at radius 1 is 1.35 bits per heavy atom. The second-order valence-electron chi connectivity index (χ2n) is 5.07. The maximum atomic E-state index is 12.9. The average Bonchev–Trinajstić information content (AvgIpc) is 2.93. The van der Waals surface area contributed by atoms with E-state index < -0.39 is 10.0 Å². The van der Waals surface area contributed by atoms with Crippen LogP contribution in [0.1, 0.15) is 38.2 Å². The minimum Gasteiger partial charge on any atom is -0.392 e. The summed E-state index contributed by atoms with van der Waals surface area (Å²) in [5.41, 5.74) is 0.606. The maximum Gasteiger partial charge on any atom is 0.244 e. The molecule has 0 saturated heterocycles. The monoisotopic (exact) mass is 361 g/mol. The predicted octanol–water partition coefficient (Wildman–Crippen LogP) is 2.89. The van der Waals surface area contributed by atoms with Crippen molar-refractivity contribution in [3.05, 3.63) is 28.2 Å². The van der Waals surface area contributed by atoms with E-state index in [1.54, 1.807) is 22.5 Å². The van der Waals surface area contributed by atoms with Crippen molar-refractivity contribution < 1.29 is 13.5 Å². The lowest BCUT2D eigenvalue weighted by Gasteiger charge is -2.27.